The molecule has 0 aliphatic heterocycles. The van der Waals surface area contributed by atoms with Crippen molar-refractivity contribution in [3.8, 4) is 0 Å². The van der Waals surface area contributed by atoms with Crippen LogP contribution in [-0.4, -0.2) is 41.7 Å². The number of fused-ring (bicyclic) bond motifs is 1. The zero-order valence-electron chi connectivity index (χ0n) is 16.7. The Bertz CT molecular complexity index is 990. The Balaban J connectivity index is 1.64. The summed E-state index contributed by atoms with van der Waals surface area (Å²) < 4.78 is 0. The largest absolute Gasteiger partial charge is 0.360 e. The van der Waals surface area contributed by atoms with Crippen LogP contribution in [-0.2, 0) is 17.6 Å². The summed E-state index contributed by atoms with van der Waals surface area (Å²) in [6.07, 6.45) is 3.54. The van der Waals surface area contributed by atoms with Gasteiger partial charge in [0.1, 0.15) is 0 Å². The zero-order chi connectivity index (χ0) is 20.1. The first-order valence-electron chi connectivity index (χ1n) is 9.72. The van der Waals surface area contributed by atoms with Gasteiger partial charge in [-0.15, -0.1) is 0 Å². The van der Waals surface area contributed by atoms with Crippen LogP contribution in [0.4, 0.5) is 5.69 Å². The molecule has 2 N–H and O–H groups in total. The van der Waals surface area contributed by atoms with Crippen molar-refractivity contribution in [2.24, 2.45) is 0 Å². The molecule has 0 spiro atoms. The molecule has 0 unspecified atom stereocenters. The van der Waals surface area contributed by atoms with Gasteiger partial charge < -0.3 is 10.3 Å². The van der Waals surface area contributed by atoms with Gasteiger partial charge in [-0.25, -0.2) is 0 Å². The molecule has 1 aromatic heterocycles. The number of amides is 1. The average molecular weight is 377 g/mol. The lowest BCUT2D eigenvalue weighted by Gasteiger charge is -2.16. The monoisotopic (exact) mass is 377 g/mol. The third kappa shape index (κ3) is 4.31. The van der Waals surface area contributed by atoms with E-state index >= 15 is 0 Å². The maximum absolute atomic E-state index is 12.8. The molecule has 28 heavy (non-hydrogen) atoms. The highest BCUT2D eigenvalue weighted by atomic mass is 16.2. The first-order chi connectivity index (χ1) is 13.5. The number of H-pyrrole nitrogens is 1. The number of aromatic amines is 1. The summed E-state index contributed by atoms with van der Waals surface area (Å²) in [4.78, 5) is 30.1. The van der Waals surface area contributed by atoms with Crippen LogP contribution in [0.15, 0.2) is 48.7 Å². The zero-order valence-corrected chi connectivity index (χ0v) is 16.7. The molecule has 5 heteroatoms. The maximum atomic E-state index is 12.8. The van der Waals surface area contributed by atoms with Crippen molar-refractivity contribution >= 4 is 28.3 Å². The molecule has 0 fully saturated rings. The number of para-hydroxylation sites is 2. The van der Waals surface area contributed by atoms with Crippen molar-refractivity contribution in [3.63, 3.8) is 0 Å². The topological polar surface area (TPSA) is 65.2 Å². The van der Waals surface area contributed by atoms with Gasteiger partial charge in [-0.1, -0.05) is 50.2 Å². The second-order valence-electron chi connectivity index (χ2n) is 7.05. The van der Waals surface area contributed by atoms with Gasteiger partial charge in [0.15, 0.2) is 5.78 Å². The number of nitrogens with zero attached hydrogens (tertiary/aromatic N) is 1. The summed E-state index contributed by atoms with van der Waals surface area (Å²) in [6.45, 7) is 4.50. The molecule has 2 aromatic carbocycles. The van der Waals surface area contributed by atoms with Crippen LogP contribution in [0.25, 0.3) is 10.9 Å². The predicted molar refractivity (Wildman–Crippen MR) is 114 cm³/mol. The minimum Gasteiger partial charge on any atom is -0.360 e. The fourth-order valence-electron chi connectivity index (χ4n) is 3.51. The lowest BCUT2D eigenvalue weighted by molar-refractivity contribution is -0.116. The first-order valence-corrected chi connectivity index (χ1v) is 9.72. The van der Waals surface area contributed by atoms with Crippen molar-refractivity contribution < 1.29 is 9.59 Å². The molecule has 3 aromatic rings. The van der Waals surface area contributed by atoms with E-state index in [1.54, 1.807) is 18.1 Å². The number of hydrogen-bond acceptors (Lipinski definition) is 3. The van der Waals surface area contributed by atoms with Gasteiger partial charge in [0.2, 0.25) is 5.91 Å². The van der Waals surface area contributed by atoms with E-state index in [-0.39, 0.29) is 24.8 Å². The van der Waals surface area contributed by atoms with E-state index in [1.807, 2.05) is 36.4 Å². The molecule has 0 atom stereocenters. The Kier molecular flexibility index (Phi) is 6.26. The lowest BCUT2D eigenvalue weighted by atomic mass is 10.0. The Morgan fingerprint density at radius 2 is 1.68 bits per heavy atom. The van der Waals surface area contributed by atoms with Crippen molar-refractivity contribution in [2.45, 2.75) is 26.7 Å². The standard InChI is InChI=1S/C23H27N3O2/c1-4-16-9-6-7-12-20(16)25-22(28)15-26(3)14-21(27)19-13-24-23-17(5-2)10-8-11-18(19)23/h6-13,24H,4-5,14-15H2,1-3H3,(H,25,28). The van der Waals surface area contributed by atoms with Crippen molar-refractivity contribution in [2.75, 3.05) is 25.5 Å². The van der Waals surface area contributed by atoms with Gasteiger partial charge in [-0.2, -0.15) is 0 Å². The van der Waals surface area contributed by atoms with Gasteiger partial charge in [0, 0.05) is 28.4 Å². The SMILES string of the molecule is CCc1ccccc1NC(=O)CN(C)CC(=O)c1c[nH]c2c(CC)cccc12. The Hall–Kier alpha value is -2.92. The number of hydrogen-bond donors (Lipinski definition) is 2. The highest BCUT2D eigenvalue weighted by molar-refractivity contribution is 6.09. The molecular weight excluding hydrogens is 350 g/mol. The van der Waals surface area contributed by atoms with Gasteiger partial charge >= 0.3 is 0 Å². The van der Waals surface area contributed by atoms with Crippen molar-refractivity contribution in [1.82, 2.24) is 9.88 Å². The van der Waals surface area contributed by atoms with Gasteiger partial charge in [-0.05, 0) is 37.1 Å². The summed E-state index contributed by atoms with van der Waals surface area (Å²) in [5, 5.41) is 3.89. The number of carbonyl (C=O) groups is 2. The number of likely N-dealkylation sites (N-methyl/N-ethyl adjacent to an activating group) is 1. The smallest absolute Gasteiger partial charge is 0.238 e. The minimum atomic E-state index is -0.122. The van der Waals surface area contributed by atoms with E-state index in [0.29, 0.717) is 5.56 Å². The number of rotatable bonds is 8. The number of aromatic nitrogens is 1. The second kappa shape index (κ2) is 8.85. The molecular formula is C23H27N3O2. The third-order valence-electron chi connectivity index (χ3n) is 4.98. The molecule has 0 radical (unpaired) electrons. The van der Waals surface area contributed by atoms with Crippen molar-refractivity contribution in [3.05, 3.63) is 65.4 Å². The molecule has 5 nitrogen and oxygen atoms in total. The van der Waals surface area contributed by atoms with Crippen LogP contribution in [0.2, 0.25) is 0 Å². The molecule has 1 heterocycles. The van der Waals surface area contributed by atoms with Crippen LogP contribution in [0.5, 0.6) is 0 Å². The van der Waals surface area contributed by atoms with Crippen LogP contribution in [0, 0.1) is 0 Å². The molecule has 0 saturated heterocycles. The number of benzene rings is 2. The molecule has 0 saturated carbocycles. The van der Waals surface area contributed by atoms with Crippen LogP contribution in [0.3, 0.4) is 0 Å². The normalized spacial score (nSPS) is 11.1. The van der Waals surface area contributed by atoms with Crippen LogP contribution in [0.1, 0.15) is 35.3 Å². The van der Waals surface area contributed by atoms with Crippen molar-refractivity contribution in [1.29, 1.82) is 0 Å². The number of aryl methyl sites for hydroxylation is 2. The summed E-state index contributed by atoms with van der Waals surface area (Å²) in [5.41, 5.74) is 4.82. The fraction of sp³-hybridized carbons (Fsp3) is 0.304. The number of ketones is 1. The first kappa shape index (κ1) is 19.8. The van der Waals surface area contributed by atoms with Gasteiger partial charge in [0.25, 0.3) is 0 Å². The second-order valence-corrected chi connectivity index (χ2v) is 7.05. The van der Waals surface area contributed by atoms with Gasteiger partial charge in [-0.3, -0.25) is 14.5 Å². The Morgan fingerprint density at radius 1 is 0.964 bits per heavy atom. The molecule has 0 bridgehead atoms. The summed E-state index contributed by atoms with van der Waals surface area (Å²) in [7, 11) is 1.79. The van der Waals surface area contributed by atoms with E-state index < -0.39 is 0 Å². The average Bonchev–Trinajstić information content (AvgIpc) is 3.12. The molecule has 146 valence electrons. The summed E-state index contributed by atoms with van der Waals surface area (Å²) >= 11 is 0. The van der Waals surface area contributed by atoms with Gasteiger partial charge in [0.05, 0.1) is 13.1 Å². The highest BCUT2D eigenvalue weighted by Crippen LogP contribution is 2.23. The lowest BCUT2D eigenvalue weighted by Crippen LogP contribution is -2.34. The quantitative estimate of drug-likeness (QED) is 0.582. The Labute approximate surface area is 165 Å². The van der Waals surface area contributed by atoms with E-state index in [2.05, 4.69) is 30.2 Å². The fourth-order valence-corrected chi connectivity index (χ4v) is 3.51. The maximum Gasteiger partial charge on any atom is 0.238 e. The van der Waals surface area contributed by atoms with Crippen LogP contribution >= 0.6 is 0 Å². The molecule has 3 rings (SSSR count). The molecule has 0 aliphatic carbocycles. The Morgan fingerprint density at radius 3 is 2.43 bits per heavy atom. The van der Waals surface area contributed by atoms with Crippen LogP contribution < -0.4 is 5.32 Å². The molecule has 1 amide bonds. The predicted octanol–water partition coefficient (Wildman–Crippen LogP) is 4.05. The highest BCUT2D eigenvalue weighted by Gasteiger charge is 2.17. The van der Waals surface area contributed by atoms with E-state index in [0.717, 1.165) is 35.0 Å². The van der Waals surface area contributed by atoms with E-state index in [4.69, 9.17) is 0 Å². The summed E-state index contributed by atoms with van der Waals surface area (Å²) in [6, 6.07) is 13.8. The van der Waals surface area contributed by atoms with E-state index in [1.165, 1.54) is 5.56 Å². The third-order valence-corrected chi connectivity index (χ3v) is 4.98. The van der Waals surface area contributed by atoms with E-state index in [9.17, 15) is 9.59 Å². The minimum absolute atomic E-state index is 0.00348. The summed E-state index contributed by atoms with van der Waals surface area (Å²) in [5.74, 6) is -0.118. The molecule has 0 aliphatic rings. The number of Topliss-reactive ketones (excluding diaryl/α,β-unsaturated/α-hetero) is 1. The number of nitrogens with one attached hydrogen (secondary N) is 2. The number of carbonyl (C=O) groups excluding carboxylic acids is 2. The number of anilines is 1.